The summed E-state index contributed by atoms with van der Waals surface area (Å²) in [5, 5.41) is 13.7. The summed E-state index contributed by atoms with van der Waals surface area (Å²) in [6.45, 7) is 1.83. The van der Waals surface area contributed by atoms with Gasteiger partial charge in [0.05, 0.1) is 17.0 Å². The number of aromatic carboxylic acids is 1. The van der Waals surface area contributed by atoms with Crippen molar-refractivity contribution in [3.05, 3.63) is 41.5 Å². The number of carboxylic acids is 1. The average Bonchev–Trinajstić information content (AvgIpc) is 3.21. The molecule has 6 heteroatoms. The number of thioether (sulfide) groups is 1. The minimum atomic E-state index is -0.949. The second-order valence-electron chi connectivity index (χ2n) is 5.27. The van der Waals surface area contributed by atoms with Crippen LogP contribution in [0, 0.1) is 12.8 Å². The Morgan fingerprint density at radius 3 is 2.90 bits per heavy atom. The van der Waals surface area contributed by atoms with Crippen LogP contribution in [-0.4, -0.2) is 31.6 Å². The van der Waals surface area contributed by atoms with E-state index in [9.17, 15) is 9.90 Å². The van der Waals surface area contributed by atoms with E-state index in [0.717, 1.165) is 23.2 Å². The molecule has 1 N–H and O–H groups in total. The fourth-order valence-electron chi connectivity index (χ4n) is 2.19. The van der Waals surface area contributed by atoms with E-state index in [1.165, 1.54) is 12.8 Å². The number of aryl methyl sites for hydroxylation is 1. The van der Waals surface area contributed by atoms with Gasteiger partial charge in [-0.15, -0.1) is 0 Å². The number of carboxylic acid groups (broad SMARTS) is 1. The van der Waals surface area contributed by atoms with E-state index in [-0.39, 0.29) is 5.56 Å². The van der Waals surface area contributed by atoms with Crippen molar-refractivity contribution in [2.45, 2.75) is 25.5 Å². The highest BCUT2D eigenvalue weighted by Gasteiger charge is 2.22. The van der Waals surface area contributed by atoms with Crippen LogP contribution in [0.4, 0.5) is 0 Å². The normalized spacial score (nSPS) is 14.3. The van der Waals surface area contributed by atoms with Crippen molar-refractivity contribution in [2.24, 2.45) is 5.92 Å². The summed E-state index contributed by atoms with van der Waals surface area (Å²) in [7, 11) is 0. The topological polar surface area (TPSA) is 68.0 Å². The molecule has 1 aliphatic rings. The maximum Gasteiger partial charge on any atom is 0.337 e. The zero-order valence-corrected chi connectivity index (χ0v) is 12.6. The highest BCUT2D eigenvalue weighted by atomic mass is 32.2. The van der Waals surface area contributed by atoms with Gasteiger partial charge in [0, 0.05) is 0 Å². The number of carbonyl (C=O) groups is 1. The van der Waals surface area contributed by atoms with E-state index < -0.39 is 5.97 Å². The van der Waals surface area contributed by atoms with Gasteiger partial charge in [0.15, 0.2) is 0 Å². The molecule has 0 bridgehead atoms. The maximum atomic E-state index is 11.4. The molecule has 0 unspecified atom stereocenters. The van der Waals surface area contributed by atoms with Crippen LogP contribution in [0.1, 0.15) is 34.8 Å². The van der Waals surface area contributed by atoms with Gasteiger partial charge < -0.3 is 5.11 Å². The molecule has 1 aromatic heterocycles. The van der Waals surface area contributed by atoms with Gasteiger partial charge in [-0.05, 0) is 43.6 Å². The molecule has 0 saturated heterocycles. The zero-order chi connectivity index (χ0) is 14.8. The molecule has 0 aliphatic heterocycles. The lowest BCUT2D eigenvalue weighted by molar-refractivity contribution is 0.0696. The smallest absolute Gasteiger partial charge is 0.337 e. The van der Waals surface area contributed by atoms with Crippen molar-refractivity contribution < 1.29 is 9.90 Å². The summed E-state index contributed by atoms with van der Waals surface area (Å²) in [6.07, 6.45) is 2.67. The van der Waals surface area contributed by atoms with E-state index >= 15 is 0 Å². The lowest BCUT2D eigenvalue weighted by Gasteiger charge is -2.08. The highest BCUT2D eigenvalue weighted by Crippen LogP contribution is 2.33. The van der Waals surface area contributed by atoms with E-state index in [1.807, 2.05) is 24.8 Å². The highest BCUT2D eigenvalue weighted by molar-refractivity contribution is 7.98. The fraction of sp³-hybridized carbons (Fsp3) is 0.400. The Hall–Kier alpha value is -1.82. The first-order valence-corrected chi connectivity index (χ1v) is 8.13. The van der Waals surface area contributed by atoms with Gasteiger partial charge >= 0.3 is 5.97 Å². The Balaban J connectivity index is 1.88. The van der Waals surface area contributed by atoms with Gasteiger partial charge in [0.25, 0.3) is 0 Å². The van der Waals surface area contributed by atoms with Crippen LogP contribution < -0.4 is 0 Å². The molecule has 110 valence electrons. The average molecular weight is 303 g/mol. The lowest BCUT2D eigenvalue weighted by atomic mass is 10.2. The molecule has 2 aromatic rings. The summed E-state index contributed by atoms with van der Waals surface area (Å²) >= 11 is 1.84. The predicted molar refractivity (Wildman–Crippen MR) is 81.9 cm³/mol. The second-order valence-corrected chi connectivity index (χ2v) is 6.30. The van der Waals surface area contributed by atoms with E-state index in [0.29, 0.717) is 11.5 Å². The zero-order valence-electron chi connectivity index (χ0n) is 11.8. The van der Waals surface area contributed by atoms with Gasteiger partial charge in [-0.2, -0.15) is 16.9 Å². The van der Waals surface area contributed by atoms with Gasteiger partial charge in [0.2, 0.25) is 0 Å². The van der Waals surface area contributed by atoms with E-state index in [2.05, 4.69) is 10.1 Å². The molecule has 1 fully saturated rings. The first-order chi connectivity index (χ1) is 10.1. The van der Waals surface area contributed by atoms with Gasteiger partial charge in [-0.1, -0.05) is 12.1 Å². The Morgan fingerprint density at radius 1 is 1.43 bits per heavy atom. The molecule has 1 heterocycles. The van der Waals surface area contributed by atoms with Crippen LogP contribution in [0.2, 0.25) is 0 Å². The maximum absolute atomic E-state index is 11.4. The lowest BCUT2D eigenvalue weighted by Crippen LogP contribution is -2.09. The summed E-state index contributed by atoms with van der Waals surface area (Å²) in [4.78, 5) is 15.8. The first kappa shape index (κ1) is 14.1. The monoisotopic (exact) mass is 303 g/mol. The van der Waals surface area contributed by atoms with Crippen molar-refractivity contribution in [1.29, 1.82) is 0 Å². The Labute approximate surface area is 127 Å². The molecule has 0 radical (unpaired) electrons. The number of benzene rings is 1. The standard InChI is InChI=1S/C15H17N3O2S/c1-10-16-14(9-21-8-11-6-7-11)18(17-10)13-5-3-2-4-12(13)15(19)20/h2-5,11H,6-9H2,1H3,(H,19,20). The minimum absolute atomic E-state index is 0.246. The third-order valence-corrected chi connectivity index (χ3v) is 4.59. The molecule has 0 amide bonds. The summed E-state index contributed by atoms with van der Waals surface area (Å²) < 4.78 is 1.67. The summed E-state index contributed by atoms with van der Waals surface area (Å²) in [5.41, 5.74) is 0.823. The Morgan fingerprint density at radius 2 is 2.19 bits per heavy atom. The molecular formula is C15H17N3O2S. The molecule has 1 aromatic carbocycles. The molecular weight excluding hydrogens is 286 g/mol. The molecule has 1 saturated carbocycles. The molecule has 0 spiro atoms. The van der Waals surface area contributed by atoms with Crippen molar-refractivity contribution in [1.82, 2.24) is 14.8 Å². The van der Waals surface area contributed by atoms with Crippen LogP contribution in [-0.2, 0) is 5.75 Å². The first-order valence-electron chi connectivity index (χ1n) is 6.98. The summed E-state index contributed by atoms with van der Waals surface area (Å²) in [5.74, 6) is 3.29. The van der Waals surface area contributed by atoms with Crippen LogP contribution in [0.5, 0.6) is 0 Å². The number of aromatic nitrogens is 3. The number of para-hydroxylation sites is 1. The molecule has 21 heavy (non-hydrogen) atoms. The predicted octanol–water partition coefficient (Wildman–Crippen LogP) is 2.92. The number of rotatable bonds is 6. The summed E-state index contributed by atoms with van der Waals surface area (Å²) in [6, 6.07) is 6.90. The van der Waals surface area contributed by atoms with Crippen molar-refractivity contribution in [3.63, 3.8) is 0 Å². The second kappa shape index (κ2) is 5.89. The fourth-order valence-corrected chi connectivity index (χ4v) is 3.34. The molecule has 5 nitrogen and oxygen atoms in total. The molecule has 1 aliphatic carbocycles. The third kappa shape index (κ3) is 3.26. The minimum Gasteiger partial charge on any atom is -0.478 e. The van der Waals surface area contributed by atoms with Gasteiger partial charge in [-0.25, -0.2) is 14.5 Å². The number of nitrogens with zero attached hydrogens (tertiary/aromatic N) is 3. The number of hydrogen-bond acceptors (Lipinski definition) is 4. The van der Waals surface area contributed by atoms with Crippen molar-refractivity contribution in [2.75, 3.05) is 5.75 Å². The van der Waals surface area contributed by atoms with Gasteiger partial charge in [0.1, 0.15) is 11.6 Å². The van der Waals surface area contributed by atoms with Crippen molar-refractivity contribution in [3.8, 4) is 5.69 Å². The number of hydrogen-bond donors (Lipinski definition) is 1. The van der Waals surface area contributed by atoms with Crippen LogP contribution in [0.25, 0.3) is 5.69 Å². The SMILES string of the molecule is Cc1nc(CSCC2CC2)n(-c2ccccc2C(=O)O)n1. The molecule has 0 atom stereocenters. The third-order valence-electron chi connectivity index (χ3n) is 3.42. The van der Waals surface area contributed by atoms with E-state index in [1.54, 1.807) is 22.9 Å². The van der Waals surface area contributed by atoms with Crippen molar-refractivity contribution >= 4 is 17.7 Å². The quantitative estimate of drug-likeness (QED) is 0.888. The largest absolute Gasteiger partial charge is 0.478 e. The van der Waals surface area contributed by atoms with Crippen LogP contribution >= 0.6 is 11.8 Å². The molecule has 3 rings (SSSR count). The Kier molecular flexibility index (Phi) is 3.96. The van der Waals surface area contributed by atoms with Crippen LogP contribution in [0.3, 0.4) is 0 Å². The van der Waals surface area contributed by atoms with E-state index in [4.69, 9.17) is 0 Å². The van der Waals surface area contributed by atoms with Crippen LogP contribution in [0.15, 0.2) is 24.3 Å². The Bertz CT molecular complexity index is 665. The van der Waals surface area contributed by atoms with Gasteiger partial charge in [-0.3, -0.25) is 0 Å².